The molecule has 2 aliphatic rings. The molecule has 0 fully saturated rings. The number of ketones is 2. The van der Waals surface area contributed by atoms with Gasteiger partial charge in [-0.05, 0) is 38.8 Å². The second-order valence-corrected chi connectivity index (χ2v) is 5.92. The molecule has 4 heteroatoms. The number of allylic oxidation sites excluding steroid dienone is 2. The summed E-state index contributed by atoms with van der Waals surface area (Å²) >= 11 is 5.84. The van der Waals surface area contributed by atoms with Crippen molar-refractivity contribution in [3.8, 4) is 5.75 Å². The molecule has 0 bridgehead atoms. The first-order chi connectivity index (χ1) is 8.89. The summed E-state index contributed by atoms with van der Waals surface area (Å²) in [6.45, 7) is 4.02. The summed E-state index contributed by atoms with van der Waals surface area (Å²) in [5.74, 6) is 0.186. The van der Waals surface area contributed by atoms with Gasteiger partial charge in [-0.3, -0.25) is 9.59 Å². The molecule has 0 aromatic heterocycles. The molecule has 98 valence electrons. The van der Waals surface area contributed by atoms with Gasteiger partial charge in [-0.15, -0.1) is 0 Å². The highest BCUT2D eigenvalue weighted by Gasteiger charge is 2.34. The van der Waals surface area contributed by atoms with E-state index < -0.39 is 0 Å². The fraction of sp³-hybridized carbons (Fsp3) is 0.333. The van der Waals surface area contributed by atoms with Crippen LogP contribution in [0.3, 0.4) is 0 Å². The fourth-order valence-corrected chi connectivity index (χ4v) is 2.78. The van der Waals surface area contributed by atoms with Crippen molar-refractivity contribution in [3.63, 3.8) is 0 Å². The topological polar surface area (TPSA) is 43.4 Å². The van der Waals surface area contributed by atoms with E-state index in [1.54, 1.807) is 12.1 Å². The number of rotatable bonds is 0. The van der Waals surface area contributed by atoms with Gasteiger partial charge in [0.2, 0.25) is 5.78 Å². The Morgan fingerprint density at radius 3 is 2.74 bits per heavy atom. The highest BCUT2D eigenvalue weighted by atomic mass is 35.5. The Hall–Kier alpha value is -1.61. The van der Waals surface area contributed by atoms with Crippen molar-refractivity contribution in [2.24, 2.45) is 0 Å². The summed E-state index contributed by atoms with van der Waals surface area (Å²) in [5, 5.41) is -0.0178. The number of carbonyl (C=O) groups excluding carboxylic acids is 2. The third kappa shape index (κ3) is 1.89. The molecular weight excluding hydrogens is 264 g/mol. The van der Waals surface area contributed by atoms with Crippen LogP contribution in [0.5, 0.6) is 5.75 Å². The van der Waals surface area contributed by atoms with Crippen LogP contribution in [-0.4, -0.2) is 17.2 Å². The largest absolute Gasteiger partial charge is 0.488 e. The average molecular weight is 277 g/mol. The van der Waals surface area contributed by atoms with Crippen molar-refractivity contribution in [2.45, 2.75) is 32.3 Å². The van der Waals surface area contributed by atoms with Crippen molar-refractivity contribution in [3.05, 3.63) is 39.9 Å². The van der Waals surface area contributed by atoms with Crippen molar-refractivity contribution in [1.82, 2.24) is 0 Å². The Bertz CT molecular complexity index is 641. The van der Waals surface area contributed by atoms with Gasteiger partial charge in [0, 0.05) is 22.8 Å². The normalized spacial score (nSPS) is 20.3. The molecule has 1 aromatic rings. The third-order valence-corrected chi connectivity index (χ3v) is 3.88. The van der Waals surface area contributed by atoms with Crippen LogP contribution in [0.1, 0.15) is 46.5 Å². The quantitative estimate of drug-likeness (QED) is 0.730. The van der Waals surface area contributed by atoms with Crippen LogP contribution in [0.25, 0.3) is 0 Å². The van der Waals surface area contributed by atoms with Gasteiger partial charge in [0.05, 0.1) is 5.03 Å². The molecule has 19 heavy (non-hydrogen) atoms. The lowest BCUT2D eigenvalue weighted by Gasteiger charge is -2.34. The lowest BCUT2D eigenvalue weighted by atomic mass is 9.84. The maximum Gasteiger partial charge on any atom is 0.205 e. The van der Waals surface area contributed by atoms with E-state index in [4.69, 9.17) is 16.3 Å². The molecule has 3 rings (SSSR count). The first-order valence-corrected chi connectivity index (χ1v) is 6.58. The van der Waals surface area contributed by atoms with E-state index in [0.717, 1.165) is 12.0 Å². The minimum Gasteiger partial charge on any atom is -0.488 e. The Kier molecular flexibility index (Phi) is 2.58. The number of hydrogen-bond donors (Lipinski definition) is 0. The number of halogens is 1. The van der Waals surface area contributed by atoms with Gasteiger partial charge in [0.25, 0.3) is 0 Å². The van der Waals surface area contributed by atoms with Crippen LogP contribution >= 0.6 is 11.6 Å². The SMILES string of the molecule is CC1(C)CCc2c(ccc3c2C(=O)C(Cl)=CC3=O)O1. The highest BCUT2D eigenvalue weighted by Crippen LogP contribution is 2.39. The highest BCUT2D eigenvalue weighted by molar-refractivity contribution is 6.49. The number of benzene rings is 1. The van der Waals surface area contributed by atoms with Crippen molar-refractivity contribution < 1.29 is 14.3 Å². The smallest absolute Gasteiger partial charge is 0.205 e. The second-order valence-electron chi connectivity index (χ2n) is 5.51. The molecule has 0 amide bonds. The summed E-state index contributed by atoms with van der Waals surface area (Å²) in [7, 11) is 0. The zero-order valence-electron chi connectivity index (χ0n) is 10.7. The lowest BCUT2D eigenvalue weighted by molar-refractivity contribution is 0.0831. The van der Waals surface area contributed by atoms with Crippen LogP contribution in [0.15, 0.2) is 23.2 Å². The molecule has 0 saturated carbocycles. The number of ether oxygens (including phenoxy) is 1. The van der Waals surface area contributed by atoms with Crippen molar-refractivity contribution >= 4 is 23.2 Å². The monoisotopic (exact) mass is 276 g/mol. The molecule has 1 aromatic carbocycles. The van der Waals surface area contributed by atoms with Gasteiger partial charge in [0.1, 0.15) is 11.4 Å². The van der Waals surface area contributed by atoms with Gasteiger partial charge in [-0.1, -0.05) is 11.6 Å². The first-order valence-electron chi connectivity index (χ1n) is 6.20. The third-order valence-electron chi connectivity index (χ3n) is 3.60. The molecule has 0 saturated heterocycles. The van der Waals surface area contributed by atoms with E-state index in [9.17, 15) is 9.59 Å². The van der Waals surface area contributed by atoms with Crippen LogP contribution < -0.4 is 4.74 Å². The number of Topliss-reactive ketones (excluding diaryl/α,β-unsaturated/α-hetero) is 1. The molecule has 1 heterocycles. The summed E-state index contributed by atoms with van der Waals surface area (Å²) in [5.41, 5.74) is 1.41. The maximum absolute atomic E-state index is 12.2. The number of hydrogen-bond acceptors (Lipinski definition) is 3. The standard InChI is InChI=1S/C15H13ClO3/c1-15(2)6-5-9-12(19-15)4-3-8-11(17)7-10(16)14(18)13(8)9/h3-4,7H,5-6H2,1-2H3. The second kappa shape index (κ2) is 3.94. The Balaban J connectivity index is 2.21. The molecule has 0 N–H and O–H groups in total. The zero-order chi connectivity index (χ0) is 13.8. The van der Waals surface area contributed by atoms with Crippen LogP contribution in [0.4, 0.5) is 0 Å². The molecule has 0 unspecified atom stereocenters. The minimum atomic E-state index is -0.281. The van der Waals surface area contributed by atoms with E-state index in [1.165, 1.54) is 6.08 Å². The Morgan fingerprint density at radius 2 is 2.00 bits per heavy atom. The Morgan fingerprint density at radius 1 is 1.26 bits per heavy atom. The fourth-order valence-electron chi connectivity index (χ4n) is 2.59. The lowest BCUT2D eigenvalue weighted by Crippen LogP contribution is -2.34. The number of carbonyl (C=O) groups is 2. The minimum absolute atomic E-state index is 0.0178. The zero-order valence-corrected chi connectivity index (χ0v) is 11.5. The molecule has 1 aliphatic carbocycles. The predicted molar refractivity (Wildman–Crippen MR) is 72.1 cm³/mol. The molecule has 0 radical (unpaired) electrons. The summed E-state index contributed by atoms with van der Waals surface area (Å²) in [6.07, 6.45) is 2.71. The maximum atomic E-state index is 12.2. The summed E-state index contributed by atoms with van der Waals surface area (Å²) in [6, 6.07) is 3.42. The van der Waals surface area contributed by atoms with E-state index >= 15 is 0 Å². The van der Waals surface area contributed by atoms with Gasteiger partial charge in [-0.2, -0.15) is 0 Å². The average Bonchev–Trinajstić information content (AvgIpc) is 2.33. The van der Waals surface area contributed by atoms with E-state index in [0.29, 0.717) is 23.3 Å². The van der Waals surface area contributed by atoms with Crippen LogP contribution in [0.2, 0.25) is 0 Å². The van der Waals surface area contributed by atoms with Gasteiger partial charge < -0.3 is 4.74 Å². The van der Waals surface area contributed by atoms with Gasteiger partial charge >= 0.3 is 0 Å². The molecule has 0 spiro atoms. The summed E-state index contributed by atoms with van der Waals surface area (Å²) in [4.78, 5) is 24.1. The number of fused-ring (bicyclic) bond motifs is 3. The van der Waals surface area contributed by atoms with Gasteiger partial charge in [-0.25, -0.2) is 0 Å². The molecule has 1 aliphatic heterocycles. The first kappa shape index (κ1) is 12.4. The molecule has 0 atom stereocenters. The van der Waals surface area contributed by atoms with E-state index in [-0.39, 0.29) is 22.2 Å². The Labute approximate surface area is 116 Å². The predicted octanol–water partition coefficient (Wildman–Crippen LogP) is 3.29. The van der Waals surface area contributed by atoms with Crippen molar-refractivity contribution in [2.75, 3.05) is 0 Å². The molecular formula is C15H13ClO3. The van der Waals surface area contributed by atoms with Crippen molar-refractivity contribution in [1.29, 1.82) is 0 Å². The van der Waals surface area contributed by atoms with Gasteiger partial charge in [0.15, 0.2) is 5.78 Å². The van der Waals surface area contributed by atoms with E-state index in [2.05, 4.69) is 0 Å². The van der Waals surface area contributed by atoms with Crippen LogP contribution in [0, 0.1) is 0 Å². The van der Waals surface area contributed by atoms with Crippen LogP contribution in [-0.2, 0) is 6.42 Å². The van der Waals surface area contributed by atoms with E-state index in [1.807, 2.05) is 13.8 Å². The molecule has 3 nitrogen and oxygen atoms in total. The summed E-state index contributed by atoms with van der Waals surface area (Å²) < 4.78 is 5.88.